The number of hydrogen-bond donors (Lipinski definition) is 4. The molecule has 0 aliphatic carbocycles. The van der Waals surface area contributed by atoms with E-state index >= 15 is 0 Å². The lowest BCUT2D eigenvalue weighted by Crippen LogP contribution is -2.19. The summed E-state index contributed by atoms with van der Waals surface area (Å²) in [4.78, 5) is 23.0. The molecule has 0 fully saturated rings. The topological polar surface area (TPSA) is 229 Å². The lowest BCUT2D eigenvalue weighted by Gasteiger charge is -2.16. The van der Waals surface area contributed by atoms with Gasteiger partial charge in [-0.1, -0.05) is 0 Å². The number of nitrogens with one attached hydrogen (secondary N) is 3. The maximum Gasteiger partial charge on any atom is 0.259 e. The minimum absolute atomic E-state index is 0.0896. The Hall–Kier alpha value is -4.05. The van der Waals surface area contributed by atoms with E-state index in [4.69, 9.17) is 18.9 Å². The Bertz CT molecular complexity index is 1920. The molecular weight excluding hydrogens is 736 g/mol. The first-order chi connectivity index (χ1) is 22.9. The highest BCUT2D eigenvalue weighted by molar-refractivity contribution is 9.10. The summed E-state index contributed by atoms with van der Waals surface area (Å²) in [5.41, 5.74) is 2.17. The second kappa shape index (κ2) is 16.4. The number of benzene rings is 1. The maximum absolute atomic E-state index is 11.9. The third-order valence-corrected chi connectivity index (χ3v) is 9.29. The van der Waals surface area contributed by atoms with Gasteiger partial charge in [0, 0.05) is 24.4 Å². The van der Waals surface area contributed by atoms with Crippen molar-refractivity contribution in [3.8, 4) is 28.6 Å². The molecule has 1 aromatic carbocycles. The molecule has 0 amide bonds. The summed E-state index contributed by atoms with van der Waals surface area (Å²) in [7, 11) is -2.97. The van der Waals surface area contributed by atoms with Crippen LogP contribution in [0.25, 0.3) is 11.3 Å². The average Bonchev–Trinajstić information content (AvgIpc) is 3.76. The summed E-state index contributed by atoms with van der Waals surface area (Å²) < 4.78 is 73.4. The number of aliphatic imine (C=N–C) groups is 1. The molecule has 0 spiro atoms. The lowest BCUT2D eigenvalue weighted by atomic mass is 10.1. The van der Waals surface area contributed by atoms with Crippen LogP contribution < -0.4 is 18.9 Å². The lowest BCUT2D eigenvalue weighted by molar-refractivity contribution is 0.0920. The van der Waals surface area contributed by atoms with Gasteiger partial charge in [-0.3, -0.25) is 0 Å². The first-order valence-electron chi connectivity index (χ1n) is 14.0. The fourth-order valence-corrected chi connectivity index (χ4v) is 5.36. The Morgan fingerprint density at radius 2 is 1.60 bits per heavy atom. The van der Waals surface area contributed by atoms with Gasteiger partial charge in [0.25, 0.3) is 20.0 Å². The first-order valence-corrected chi connectivity index (χ1v) is 17.8. The average molecular weight is 770 g/mol. The number of methoxy groups -OCH3 is 1. The van der Waals surface area contributed by atoms with E-state index in [2.05, 4.69) is 55.3 Å². The normalized spacial score (nSPS) is 15.1. The van der Waals surface area contributed by atoms with E-state index in [0.29, 0.717) is 40.8 Å². The van der Waals surface area contributed by atoms with Gasteiger partial charge in [-0.2, -0.15) is 0 Å². The summed E-state index contributed by atoms with van der Waals surface area (Å²) in [6.07, 6.45) is 4.27. The second-order valence-electron chi connectivity index (χ2n) is 9.82. The SMILES string of the molecule is CNS(=O)(=O)c1cnc(Br)cn1.CNS(=O)(=O)c1cnc(Oc2cc(O[C@@H](C)COC)cc(-c3ccc(C4=NC[C@H](CO)O4)[nH]3)c2)cn1. The van der Waals surface area contributed by atoms with Gasteiger partial charge in [-0.25, -0.2) is 51.2 Å². The van der Waals surface area contributed by atoms with Crippen molar-refractivity contribution in [3.63, 3.8) is 0 Å². The Morgan fingerprint density at radius 1 is 0.958 bits per heavy atom. The number of nitrogens with zero attached hydrogens (tertiary/aromatic N) is 5. The molecule has 3 aromatic heterocycles. The minimum atomic E-state index is -3.72. The van der Waals surface area contributed by atoms with E-state index in [1.807, 2.05) is 25.1 Å². The number of hydrogen-bond acceptors (Lipinski definition) is 14. The molecular formula is C28H33BrN8O9S2. The van der Waals surface area contributed by atoms with E-state index in [1.54, 1.807) is 19.2 Å². The van der Waals surface area contributed by atoms with Crippen LogP contribution in [0.3, 0.4) is 0 Å². The van der Waals surface area contributed by atoms with Crippen molar-refractivity contribution in [2.24, 2.45) is 4.99 Å². The highest BCUT2D eigenvalue weighted by Crippen LogP contribution is 2.32. The van der Waals surface area contributed by atoms with Crippen LogP contribution >= 0.6 is 15.9 Å². The minimum Gasteiger partial charge on any atom is -0.488 e. The van der Waals surface area contributed by atoms with Gasteiger partial charge in [0.2, 0.25) is 11.8 Å². The molecule has 17 nitrogen and oxygen atoms in total. The maximum atomic E-state index is 11.9. The standard InChI is InChI=1S/C23H27N5O7S.C5H6BrN3O2S/c1-14(13-32-3)33-16-6-15(19-4-5-20(28-19)23-27-9-18(12-29)35-23)7-17(8-16)34-21-10-26-22(11-25-21)36(30,31)24-2;1-7-12(10,11)5-3-8-4(6)2-9-5/h4-8,10-11,14,18,24,28-29H,9,12-13H2,1-3H3;2-3,7H,1H3/t14-,18+;/m0./s1. The zero-order valence-corrected chi connectivity index (χ0v) is 29.3. The largest absolute Gasteiger partial charge is 0.488 e. The third-order valence-electron chi connectivity index (χ3n) is 6.28. The van der Waals surface area contributed by atoms with Crippen LogP contribution in [0.5, 0.6) is 17.4 Å². The van der Waals surface area contributed by atoms with Gasteiger partial charge >= 0.3 is 0 Å². The summed E-state index contributed by atoms with van der Waals surface area (Å²) in [5, 5.41) is 8.98. The quantitative estimate of drug-likeness (QED) is 0.152. The molecule has 4 heterocycles. The van der Waals surface area contributed by atoms with Crippen LogP contribution in [0.15, 0.2) is 74.8 Å². The molecule has 2 atom stereocenters. The van der Waals surface area contributed by atoms with Crippen molar-refractivity contribution >= 4 is 41.9 Å². The van der Waals surface area contributed by atoms with E-state index < -0.39 is 20.0 Å². The van der Waals surface area contributed by atoms with Crippen LogP contribution in [-0.4, -0.2) is 106 Å². The van der Waals surface area contributed by atoms with Crippen molar-refractivity contribution in [2.75, 3.05) is 41.0 Å². The van der Waals surface area contributed by atoms with Crippen molar-refractivity contribution in [1.29, 1.82) is 0 Å². The number of sulfonamides is 2. The van der Waals surface area contributed by atoms with Gasteiger partial charge in [-0.15, -0.1) is 0 Å². The molecule has 20 heteroatoms. The third kappa shape index (κ3) is 9.75. The highest BCUT2D eigenvalue weighted by atomic mass is 79.9. The van der Waals surface area contributed by atoms with Crippen LogP contribution in [-0.2, 0) is 29.5 Å². The Morgan fingerprint density at radius 3 is 2.17 bits per heavy atom. The van der Waals surface area contributed by atoms with Crippen molar-refractivity contribution < 1.29 is 40.9 Å². The summed E-state index contributed by atoms with van der Waals surface area (Å²) in [6.45, 7) is 2.56. The number of aromatic amines is 1. The number of H-pyrrole nitrogens is 1. The molecule has 5 rings (SSSR count). The molecule has 1 aliphatic heterocycles. The number of aromatic nitrogens is 5. The molecule has 1 aliphatic rings. The fourth-order valence-electron chi connectivity index (χ4n) is 3.97. The van der Waals surface area contributed by atoms with Crippen LogP contribution in [0.2, 0.25) is 0 Å². The monoisotopic (exact) mass is 768 g/mol. The molecule has 0 saturated carbocycles. The smallest absolute Gasteiger partial charge is 0.259 e. The Kier molecular flexibility index (Phi) is 12.5. The predicted octanol–water partition coefficient (Wildman–Crippen LogP) is 1.87. The summed E-state index contributed by atoms with van der Waals surface area (Å²) >= 11 is 3.05. The molecule has 48 heavy (non-hydrogen) atoms. The second-order valence-corrected chi connectivity index (χ2v) is 14.3. The van der Waals surface area contributed by atoms with Crippen molar-refractivity contribution in [1.82, 2.24) is 34.4 Å². The molecule has 0 unspecified atom stereocenters. The summed E-state index contributed by atoms with van der Waals surface area (Å²) in [6, 6.07) is 9.01. The number of aliphatic hydroxyl groups is 1. The van der Waals surface area contributed by atoms with Gasteiger partial charge in [0.15, 0.2) is 10.1 Å². The first kappa shape index (κ1) is 36.8. The van der Waals surface area contributed by atoms with Crippen LogP contribution in [0.4, 0.5) is 0 Å². The van der Waals surface area contributed by atoms with E-state index in [0.717, 1.165) is 17.5 Å². The Labute approximate surface area is 285 Å². The number of ether oxygens (including phenoxy) is 4. The van der Waals surface area contributed by atoms with Crippen molar-refractivity contribution in [3.05, 3.63) is 65.4 Å². The van der Waals surface area contributed by atoms with Crippen LogP contribution in [0, 0.1) is 0 Å². The molecule has 258 valence electrons. The number of halogens is 1. The van der Waals surface area contributed by atoms with E-state index in [9.17, 15) is 21.9 Å². The fraction of sp³-hybridized carbons (Fsp3) is 0.321. The highest BCUT2D eigenvalue weighted by Gasteiger charge is 2.22. The Balaban J connectivity index is 0.000000365. The van der Waals surface area contributed by atoms with E-state index in [1.165, 1.54) is 32.7 Å². The number of aliphatic hydroxyl groups excluding tert-OH is 1. The van der Waals surface area contributed by atoms with Gasteiger partial charge in [-0.05, 0) is 61.2 Å². The van der Waals surface area contributed by atoms with Crippen molar-refractivity contribution in [2.45, 2.75) is 29.2 Å². The van der Waals surface area contributed by atoms with Crippen LogP contribution in [0.1, 0.15) is 12.6 Å². The molecule has 0 radical (unpaired) electrons. The molecule has 4 aromatic rings. The number of rotatable bonds is 13. The van der Waals surface area contributed by atoms with Gasteiger partial charge < -0.3 is 29.0 Å². The zero-order valence-electron chi connectivity index (χ0n) is 26.1. The molecule has 0 bridgehead atoms. The molecule has 4 N–H and O–H groups in total. The van der Waals surface area contributed by atoms with Gasteiger partial charge in [0.05, 0.1) is 44.5 Å². The predicted molar refractivity (Wildman–Crippen MR) is 176 cm³/mol. The molecule has 0 saturated heterocycles. The summed E-state index contributed by atoms with van der Waals surface area (Å²) in [5.74, 6) is 1.47. The zero-order chi connectivity index (χ0) is 34.9. The van der Waals surface area contributed by atoms with Gasteiger partial charge in [0.1, 0.15) is 34.0 Å². The van der Waals surface area contributed by atoms with E-state index in [-0.39, 0.29) is 34.7 Å².